The molecule has 0 radical (unpaired) electrons. The van der Waals surface area contributed by atoms with Crippen LogP contribution in [0.25, 0.3) is 16.6 Å². The lowest BCUT2D eigenvalue weighted by Gasteiger charge is -2.43. The minimum atomic E-state index is -0.196. The number of nitrogens with one attached hydrogen (secondary N) is 2. The minimum Gasteiger partial charge on any atom is -0.492 e. The first kappa shape index (κ1) is 43.3. The lowest BCUT2D eigenvalue weighted by Crippen LogP contribution is -2.47. The standard InChI is InChI=1S/C46H52ClN5O3.C6H11NO2/c47-37-7-4-8-38-40(37)43(54)49-44-46(17-2-1-3-18-46)35-15-11-30(24-39(35)52(38)44)31-6-5-21-51(27-31)32-12-9-29(10-13-32)26-50-22-19-45(20-23-50)28-55-41-34-25-48-42(53)33(34)14-16-36(41)45;1-7-6(9)4-2-3-5-8/h4,7-8,11,14-16,24,29,31-32H,1-3,5-6,9-10,12-13,17-23,25-28H2,(H,48,53);5H,2-4H2,1H3,(H,7,9)/t29?,31-,32?;/m0./s1. The smallest absolute Gasteiger partial charge is 0.282 e. The van der Waals surface area contributed by atoms with Gasteiger partial charge in [-0.3, -0.25) is 23.9 Å². The van der Waals surface area contributed by atoms with Gasteiger partial charge in [0.1, 0.15) is 17.9 Å². The molecular formula is C52H63ClN6O5. The van der Waals surface area contributed by atoms with E-state index in [1.807, 2.05) is 18.2 Å². The zero-order chi connectivity index (χ0) is 44.0. The minimum absolute atomic E-state index is 0.00292. The average molecular weight is 888 g/mol. The third kappa shape index (κ3) is 7.77. The van der Waals surface area contributed by atoms with E-state index in [1.165, 1.54) is 80.4 Å². The number of piperidine rings is 2. The van der Waals surface area contributed by atoms with Crippen LogP contribution in [0, 0.1) is 5.92 Å². The Morgan fingerprint density at radius 1 is 0.953 bits per heavy atom. The number of nitrogens with zero attached hydrogens (tertiary/aromatic N) is 4. The first-order valence-corrected chi connectivity index (χ1v) is 24.6. The second-order valence-electron chi connectivity index (χ2n) is 19.9. The highest BCUT2D eigenvalue weighted by molar-refractivity contribution is 6.35. The quantitative estimate of drug-likeness (QED) is 0.134. The molecule has 1 aromatic heterocycles. The van der Waals surface area contributed by atoms with Crippen LogP contribution in [0.2, 0.25) is 5.02 Å². The molecule has 2 aliphatic carbocycles. The van der Waals surface area contributed by atoms with Crippen molar-refractivity contribution in [3.05, 3.63) is 97.5 Å². The molecule has 2 saturated carbocycles. The number of unbranched alkanes of at least 4 members (excludes halogenated alkanes) is 1. The molecule has 1 atom stereocenters. The summed E-state index contributed by atoms with van der Waals surface area (Å²) in [4.78, 5) is 56.3. The highest BCUT2D eigenvalue weighted by Crippen LogP contribution is 2.53. The maximum Gasteiger partial charge on any atom is 0.282 e. The summed E-state index contributed by atoms with van der Waals surface area (Å²) in [6, 6.07) is 18.0. The van der Waals surface area contributed by atoms with Gasteiger partial charge in [-0.25, -0.2) is 0 Å². The summed E-state index contributed by atoms with van der Waals surface area (Å²) >= 11 is 6.65. The van der Waals surface area contributed by atoms with Crippen molar-refractivity contribution < 1.29 is 19.1 Å². The van der Waals surface area contributed by atoms with Gasteiger partial charge in [-0.05, 0) is 137 Å². The Hall–Kier alpha value is -4.58. The van der Waals surface area contributed by atoms with Crippen LogP contribution in [-0.2, 0) is 27.0 Å². The van der Waals surface area contributed by atoms with Gasteiger partial charge in [-0.2, -0.15) is 4.98 Å². The molecule has 5 aliphatic heterocycles. The molecule has 338 valence electrons. The van der Waals surface area contributed by atoms with Crippen molar-refractivity contribution in [2.24, 2.45) is 5.92 Å². The van der Waals surface area contributed by atoms with Gasteiger partial charge in [0.25, 0.3) is 11.5 Å². The zero-order valence-corrected chi connectivity index (χ0v) is 38.2. The molecule has 64 heavy (non-hydrogen) atoms. The monoisotopic (exact) mass is 886 g/mol. The van der Waals surface area contributed by atoms with Gasteiger partial charge in [0.15, 0.2) is 0 Å². The lowest BCUT2D eigenvalue weighted by molar-refractivity contribution is -0.120. The van der Waals surface area contributed by atoms with Gasteiger partial charge in [0, 0.05) is 67.7 Å². The van der Waals surface area contributed by atoms with Crippen molar-refractivity contribution in [3.8, 4) is 11.4 Å². The van der Waals surface area contributed by atoms with Crippen LogP contribution in [0.4, 0.5) is 0 Å². The van der Waals surface area contributed by atoms with E-state index in [9.17, 15) is 19.2 Å². The number of rotatable bonds is 8. The van der Waals surface area contributed by atoms with E-state index in [2.05, 4.69) is 55.3 Å². The van der Waals surface area contributed by atoms with Crippen LogP contribution in [-0.4, -0.2) is 89.9 Å². The first-order chi connectivity index (χ1) is 31.2. The molecule has 7 aliphatic rings. The molecule has 6 heterocycles. The third-order valence-electron chi connectivity index (χ3n) is 16.4. The number of likely N-dealkylation sites (tertiary alicyclic amines) is 2. The Labute approximate surface area is 381 Å². The number of aldehydes is 1. The van der Waals surface area contributed by atoms with Gasteiger partial charge in [-0.15, -0.1) is 0 Å². The van der Waals surface area contributed by atoms with Crippen LogP contribution < -0.4 is 20.9 Å². The largest absolute Gasteiger partial charge is 0.492 e. The summed E-state index contributed by atoms with van der Waals surface area (Å²) in [5, 5.41) is 6.47. The Bertz CT molecular complexity index is 2500. The topological polar surface area (TPSA) is 126 Å². The molecule has 4 aromatic rings. The molecule has 0 bridgehead atoms. The molecule has 12 heteroatoms. The van der Waals surface area contributed by atoms with E-state index in [-0.39, 0.29) is 28.2 Å². The van der Waals surface area contributed by atoms with Gasteiger partial charge < -0.3 is 25.1 Å². The van der Waals surface area contributed by atoms with Crippen molar-refractivity contribution in [2.45, 2.75) is 132 Å². The van der Waals surface area contributed by atoms with Crippen molar-refractivity contribution in [3.63, 3.8) is 0 Å². The number of fused-ring (bicyclic) bond motifs is 11. The van der Waals surface area contributed by atoms with E-state index in [0.29, 0.717) is 48.2 Å². The number of aromatic nitrogens is 2. The third-order valence-corrected chi connectivity index (χ3v) is 16.7. The van der Waals surface area contributed by atoms with Crippen LogP contribution in [0.1, 0.15) is 147 Å². The first-order valence-electron chi connectivity index (χ1n) is 24.3. The molecule has 2 amide bonds. The van der Waals surface area contributed by atoms with Crippen molar-refractivity contribution in [1.82, 2.24) is 30.0 Å². The van der Waals surface area contributed by atoms with Crippen molar-refractivity contribution in [2.75, 3.05) is 46.4 Å². The Morgan fingerprint density at radius 2 is 1.75 bits per heavy atom. The maximum atomic E-state index is 13.4. The number of hydrogen-bond acceptors (Lipinski definition) is 8. The number of carbonyl (C=O) groups is 3. The van der Waals surface area contributed by atoms with Crippen molar-refractivity contribution >= 4 is 40.6 Å². The molecule has 11 nitrogen and oxygen atoms in total. The summed E-state index contributed by atoms with van der Waals surface area (Å²) < 4.78 is 8.63. The molecule has 3 aromatic carbocycles. The average Bonchev–Trinajstić information content (AvgIpc) is 3.97. The van der Waals surface area contributed by atoms with Crippen LogP contribution in [0.5, 0.6) is 5.75 Å². The summed E-state index contributed by atoms with van der Waals surface area (Å²) in [5.74, 6) is 3.24. The van der Waals surface area contributed by atoms with Gasteiger partial charge in [-0.1, -0.05) is 55.1 Å². The Morgan fingerprint density at radius 3 is 2.53 bits per heavy atom. The molecule has 0 unspecified atom stereocenters. The zero-order valence-electron chi connectivity index (χ0n) is 37.4. The maximum absolute atomic E-state index is 13.4. The number of halogens is 1. The van der Waals surface area contributed by atoms with E-state index in [0.717, 1.165) is 105 Å². The summed E-state index contributed by atoms with van der Waals surface area (Å²) in [5.41, 5.74) is 7.82. The molecule has 11 rings (SSSR count). The lowest BCUT2D eigenvalue weighted by atomic mass is 9.69. The highest BCUT2D eigenvalue weighted by Gasteiger charge is 2.48. The number of amides is 2. The van der Waals surface area contributed by atoms with Gasteiger partial charge >= 0.3 is 0 Å². The van der Waals surface area contributed by atoms with Crippen LogP contribution >= 0.6 is 11.6 Å². The fraction of sp³-hybridized carbons (Fsp3) is 0.558. The van der Waals surface area contributed by atoms with E-state index in [4.69, 9.17) is 21.3 Å². The number of carbonyl (C=O) groups excluding carboxylic acids is 3. The molecule has 2 spiro atoms. The van der Waals surface area contributed by atoms with E-state index in [1.54, 1.807) is 7.05 Å². The highest BCUT2D eigenvalue weighted by atomic mass is 35.5. The predicted octanol–water partition coefficient (Wildman–Crippen LogP) is 8.11. The number of hydrogen-bond donors (Lipinski definition) is 2. The Kier molecular flexibility index (Phi) is 12.2. The van der Waals surface area contributed by atoms with E-state index >= 15 is 0 Å². The van der Waals surface area contributed by atoms with E-state index < -0.39 is 0 Å². The number of ether oxygens (including phenoxy) is 1. The fourth-order valence-corrected chi connectivity index (χ4v) is 13.1. The summed E-state index contributed by atoms with van der Waals surface area (Å²) in [6.45, 7) is 7.18. The number of benzene rings is 3. The van der Waals surface area contributed by atoms with Crippen molar-refractivity contribution in [1.29, 1.82) is 0 Å². The van der Waals surface area contributed by atoms with Gasteiger partial charge in [0.05, 0.1) is 33.6 Å². The Balaban J connectivity index is 0.000000489. The fourth-order valence-electron chi connectivity index (χ4n) is 12.8. The van der Waals surface area contributed by atoms with Gasteiger partial charge in [0.2, 0.25) is 5.91 Å². The van der Waals surface area contributed by atoms with Crippen LogP contribution in [0.3, 0.4) is 0 Å². The second kappa shape index (κ2) is 18.0. The molecule has 4 fully saturated rings. The SMILES string of the molecule is CNC(=O)CCCC=O.O=C1NCc2c1ccc1c2OCC12CCN(CC1CCC(N3CCC[C@H](c4ccc5c(c4)-n4c(nc(=O)c6c(Cl)cccc64)C54CCCCC4)C3)CC1)CC2. The normalized spacial score (nSPS) is 24.2. The van der Waals surface area contributed by atoms with Crippen LogP contribution in [0.15, 0.2) is 53.3 Å². The molecular weight excluding hydrogens is 824 g/mol. The predicted molar refractivity (Wildman–Crippen MR) is 250 cm³/mol. The second-order valence-corrected chi connectivity index (χ2v) is 20.3. The molecule has 2 saturated heterocycles. The molecule has 2 N–H and O–H groups in total. The summed E-state index contributed by atoms with van der Waals surface area (Å²) in [6.07, 6.45) is 18.1. The summed E-state index contributed by atoms with van der Waals surface area (Å²) in [7, 11) is 1.59.